The lowest BCUT2D eigenvalue weighted by Crippen LogP contribution is -2.39. The molecule has 2 aromatic carbocycles. The maximum Gasteiger partial charge on any atom is 0.251 e. The molecule has 2 aromatic rings. The number of rotatable bonds is 7. The van der Waals surface area contributed by atoms with Crippen LogP contribution in [-0.2, 0) is 16.1 Å². The van der Waals surface area contributed by atoms with Crippen molar-refractivity contribution in [2.45, 2.75) is 25.4 Å². The summed E-state index contributed by atoms with van der Waals surface area (Å²) in [5, 5.41) is 5.39. The molecule has 7 nitrogen and oxygen atoms in total. The number of nitrogens with one attached hydrogen (secondary N) is 2. The molecule has 0 aliphatic carbocycles. The predicted octanol–water partition coefficient (Wildman–Crippen LogP) is 2.27. The van der Waals surface area contributed by atoms with Crippen LogP contribution in [0, 0.1) is 0 Å². The molecular formula is C21H23BrN4O3. The van der Waals surface area contributed by atoms with E-state index in [9.17, 15) is 14.4 Å². The fraction of sp³-hybridized carbons (Fsp3) is 0.286. The Labute approximate surface area is 177 Å². The zero-order chi connectivity index (χ0) is 20.8. The van der Waals surface area contributed by atoms with Crippen molar-refractivity contribution >= 4 is 39.3 Å². The first-order chi connectivity index (χ1) is 13.9. The summed E-state index contributed by atoms with van der Waals surface area (Å²) in [6.45, 7) is 1.29. The van der Waals surface area contributed by atoms with Crippen molar-refractivity contribution in [2.75, 3.05) is 18.4 Å². The monoisotopic (exact) mass is 458 g/mol. The molecule has 0 radical (unpaired) electrons. The third-order valence-corrected chi connectivity index (χ3v) is 5.28. The summed E-state index contributed by atoms with van der Waals surface area (Å²) in [4.78, 5) is 37.9. The Kier molecular flexibility index (Phi) is 7.00. The molecule has 1 aliphatic rings. The SMILES string of the molecule is NC(=O)C1CCCN1Cc1cccc(NC(=O)CNC(=O)c2cccc(Br)c2)c1. The molecule has 1 atom stereocenters. The summed E-state index contributed by atoms with van der Waals surface area (Å²) >= 11 is 3.32. The summed E-state index contributed by atoms with van der Waals surface area (Å²) in [6, 6.07) is 14.2. The minimum Gasteiger partial charge on any atom is -0.368 e. The van der Waals surface area contributed by atoms with Gasteiger partial charge in [0.25, 0.3) is 5.91 Å². The van der Waals surface area contributed by atoms with Crippen LogP contribution in [0.2, 0.25) is 0 Å². The number of benzene rings is 2. The van der Waals surface area contributed by atoms with Crippen LogP contribution in [0.5, 0.6) is 0 Å². The second-order valence-electron chi connectivity index (χ2n) is 6.97. The van der Waals surface area contributed by atoms with E-state index in [1.54, 1.807) is 24.3 Å². The zero-order valence-electron chi connectivity index (χ0n) is 15.9. The maximum atomic E-state index is 12.2. The van der Waals surface area contributed by atoms with Gasteiger partial charge in [0, 0.05) is 22.3 Å². The molecule has 29 heavy (non-hydrogen) atoms. The van der Waals surface area contributed by atoms with E-state index in [2.05, 4.69) is 31.5 Å². The highest BCUT2D eigenvalue weighted by Crippen LogP contribution is 2.21. The highest BCUT2D eigenvalue weighted by molar-refractivity contribution is 9.10. The molecule has 1 aliphatic heterocycles. The summed E-state index contributed by atoms with van der Waals surface area (Å²) in [7, 11) is 0. The highest BCUT2D eigenvalue weighted by atomic mass is 79.9. The zero-order valence-corrected chi connectivity index (χ0v) is 17.4. The van der Waals surface area contributed by atoms with Crippen LogP contribution in [0.1, 0.15) is 28.8 Å². The molecule has 4 N–H and O–H groups in total. The van der Waals surface area contributed by atoms with Crippen LogP contribution >= 0.6 is 15.9 Å². The first kappa shape index (κ1) is 21.0. The lowest BCUT2D eigenvalue weighted by Gasteiger charge is -2.22. The van der Waals surface area contributed by atoms with Gasteiger partial charge in [0.15, 0.2) is 0 Å². The normalized spacial score (nSPS) is 16.4. The molecule has 0 aromatic heterocycles. The van der Waals surface area contributed by atoms with Gasteiger partial charge in [0.05, 0.1) is 12.6 Å². The second-order valence-corrected chi connectivity index (χ2v) is 7.89. The van der Waals surface area contributed by atoms with Gasteiger partial charge in [-0.15, -0.1) is 0 Å². The van der Waals surface area contributed by atoms with Crippen LogP contribution in [0.4, 0.5) is 5.69 Å². The summed E-state index contributed by atoms with van der Waals surface area (Å²) < 4.78 is 0.794. The molecule has 1 heterocycles. The fourth-order valence-corrected chi connectivity index (χ4v) is 3.82. The van der Waals surface area contributed by atoms with Gasteiger partial charge in [0.2, 0.25) is 11.8 Å². The van der Waals surface area contributed by atoms with E-state index in [-0.39, 0.29) is 30.3 Å². The number of nitrogens with two attached hydrogens (primary N) is 1. The van der Waals surface area contributed by atoms with E-state index in [1.165, 1.54) is 0 Å². The van der Waals surface area contributed by atoms with E-state index >= 15 is 0 Å². The Hall–Kier alpha value is -2.71. The minimum atomic E-state index is -0.318. The number of hydrogen-bond acceptors (Lipinski definition) is 4. The number of likely N-dealkylation sites (tertiary alicyclic amines) is 1. The van der Waals surface area contributed by atoms with Crippen LogP contribution in [0.25, 0.3) is 0 Å². The van der Waals surface area contributed by atoms with E-state index in [4.69, 9.17) is 5.73 Å². The van der Waals surface area contributed by atoms with Crippen molar-refractivity contribution in [2.24, 2.45) is 5.73 Å². The van der Waals surface area contributed by atoms with E-state index in [0.717, 1.165) is 29.4 Å². The van der Waals surface area contributed by atoms with E-state index < -0.39 is 0 Å². The molecule has 0 saturated carbocycles. The lowest BCUT2D eigenvalue weighted by atomic mass is 10.1. The molecule has 1 unspecified atom stereocenters. The number of carbonyl (C=O) groups excluding carboxylic acids is 3. The largest absolute Gasteiger partial charge is 0.368 e. The fourth-order valence-electron chi connectivity index (χ4n) is 3.42. The van der Waals surface area contributed by atoms with Gasteiger partial charge in [-0.3, -0.25) is 19.3 Å². The van der Waals surface area contributed by atoms with Gasteiger partial charge < -0.3 is 16.4 Å². The van der Waals surface area contributed by atoms with Crippen molar-refractivity contribution in [1.29, 1.82) is 0 Å². The van der Waals surface area contributed by atoms with Crippen molar-refractivity contribution < 1.29 is 14.4 Å². The number of halogens is 1. The molecule has 152 valence electrons. The molecular weight excluding hydrogens is 436 g/mol. The Bertz CT molecular complexity index is 918. The number of nitrogens with zero attached hydrogens (tertiary/aromatic N) is 1. The van der Waals surface area contributed by atoms with Crippen molar-refractivity contribution in [1.82, 2.24) is 10.2 Å². The van der Waals surface area contributed by atoms with Gasteiger partial charge >= 0.3 is 0 Å². The number of amides is 3. The standard InChI is InChI=1S/C21H23BrN4O3/c22-16-6-2-5-15(11-16)21(29)24-12-19(27)25-17-7-1-4-14(10-17)13-26-9-3-8-18(26)20(23)28/h1-2,4-7,10-11,18H,3,8-9,12-13H2,(H2,23,28)(H,24,29)(H,25,27). The quantitative estimate of drug-likeness (QED) is 0.591. The third-order valence-electron chi connectivity index (χ3n) is 4.78. The number of hydrogen-bond donors (Lipinski definition) is 3. The Balaban J connectivity index is 1.53. The first-order valence-corrected chi connectivity index (χ1v) is 10.2. The van der Waals surface area contributed by atoms with E-state index in [1.807, 2.05) is 24.3 Å². The molecule has 0 spiro atoms. The summed E-state index contributed by atoms with van der Waals surface area (Å²) in [6.07, 6.45) is 1.73. The second kappa shape index (κ2) is 9.67. The highest BCUT2D eigenvalue weighted by Gasteiger charge is 2.28. The number of primary amides is 1. The first-order valence-electron chi connectivity index (χ1n) is 9.38. The molecule has 1 saturated heterocycles. The number of anilines is 1. The number of carbonyl (C=O) groups is 3. The van der Waals surface area contributed by atoms with Gasteiger partial charge in [-0.1, -0.05) is 34.1 Å². The molecule has 1 fully saturated rings. The Morgan fingerprint density at radius 2 is 1.93 bits per heavy atom. The van der Waals surface area contributed by atoms with Crippen LogP contribution in [0.15, 0.2) is 53.0 Å². The van der Waals surface area contributed by atoms with Crippen LogP contribution < -0.4 is 16.4 Å². The van der Waals surface area contributed by atoms with Crippen molar-refractivity contribution in [3.05, 3.63) is 64.1 Å². The van der Waals surface area contributed by atoms with E-state index in [0.29, 0.717) is 17.8 Å². The van der Waals surface area contributed by atoms with Crippen molar-refractivity contribution in [3.63, 3.8) is 0 Å². The third kappa shape index (κ3) is 5.88. The molecule has 3 amide bonds. The molecule has 0 bridgehead atoms. The molecule has 3 rings (SSSR count). The maximum absolute atomic E-state index is 12.2. The average Bonchev–Trinajstić information content (AvgIpc) is 3.15. The predicted molar refractivity (Wildman–Crippen MR) is 114 cm³/mol. The Morgan fingerprint density at radius 1 is 1.14 bits per heavy atom. The van der Waals surface area contributed by atoms with Gasteiger partial charge in [0.1, 0.15) is 0 Å². The average molecular weight is 459 g/mol. The summed E-state index contributed by atoms with van der Waals surface area (Å²) in [5.74, 6) is -0.934. The van der Waals surface area contributed by atoms with Gasteiger partial charge in [-0.25, -0.2) is 0 Å². The lowest BCUT2D eigenvalue weighted by molar-refractivity contribution is -0.122. The topological polar surface area (TPSA) is 105 Å². The minimum absolute atomic E-state index is 0.133. The van der Waals surface area contributed by atoms with Crippen LogP contribution in [-0.4, -0.2) is 41.8 Å². The summed E-state index contributed by atoms with van der Waals surface area (Å²) in [5.41, 5.74) is 7.57. The molecule has 8 heteroatoms. The Morgan fingerprint density at radius 3 is 2.69 bits per heavy atom. The van der Waals surface area contributed by atoms with Gasteiger partial charge in [-0.05, 0) is 55.3 Å². The van der Waals surface area contributed by atoms with Crippen molar-refractivity contribution in [3.8, 4) is 0 Å². The van der Waals surface area contributed by atoms with Gasteiger partial charge in [-0.2, -0.15) is 0 Å². The smallest absolute Gasteiger partial charge is 0.251 e. The van der Waals surface area contributed by atoms with Crippen LogP contribution in [0.3, 0.4) is 0 Å².